The number of nitrogens with zero attached hydrogens (tertiary/aromatic N) is 5. The van der Waals surface area contributed by atoms with Gasteiger partial charge in [0.2, 0.25) is 0 Å². The van der Waals surface area contributed by atoms with Crippen LogP contribution < -0.4 is 14.7 Å². The zero-order valence-corrected chi connectivity index (χ0v) is 35.8. The maximum Gasteiger partial charge on any atom is 0.356 e. The fourth-order valence-corrected chi connectivity index (χ4v) is 7.48. The monoisotopic (exact) mass is 868 g/mol. The van der Waals surface area contributed by atoms with Crippen molar-refractivity contribution in [1.82, 2.24) is 9.88 Å². The number of nitrogens with one attached hydrogen (secondary N) is 1. The van der Waals surface area contributed by atoms with Crippen LogP contribution in [0.1, 0.15) is 54.9 Å². The highest BCUT2D eigenvalue weighted by Crippen LogP contribution is 2.25. The first-order chi connectivity index (χ1) is 28.8. The van der Waals surface area contributed by atoms with Gasteiger partial charge in [0.05, 0.1) is 30.8 Å². The summed E-state index contributed by atoms with van der Waals surface area (Å²) < 4.78 is 9.93. The smallest absolute Gasteiger partial charge is 0.356 e. The van der Waals surface area contributed by atoms with Crippen molar-refractivity contribution in [3.63, 3.8) is 0 Å². The summed E-state index contributed by atoms with van der Waals surface area (Å²) in [4.78, 5) is 45.8. The topological polar surface area (TPSA) is 131 Å². The van der Waals surface area contributed by atoms with Crippen LogP contribution in [0.5, 0.6) is 0 Å². The number of fused-ring (bicyclic) bond motifs is 1. The Morgan fingerprint density at radius 3 is 1.81 bits per heavy atom. The Hall–Kier alpha value is -5.40. The number of benzene rings is 3. The molecule has 0 saturated carbocycles. The molecule has 2 fully saturated rings. The number of aromatic nitrogens is 1. The number of alkyl halides is 1. The van der Waals surface area contributed by atoms with Crippen LogP contribution in [0.2, 0.25) is 0 Å². The number of anilines is 3. The molecule has 2 saturated heterocycles. The molecule has 2 N–H and O–H groups in total. The van der Waals surface area contributed by atoms with E-state index in [1.807, 2.05) is 30.3 Å². The molecule has 4 aliphatic rings. The lowest BCUT2D eigenvalue weighted by atomic mass is 10.1. The van der Waals surface area contributed by atoms with E-state index in [9.17, 15) is 14.4 Å². The predicted octanol–water partition coefficient (Wildman–Crippen LogP) is 7.52. The Morgan fingerprint density at radius 2 is 1.31 bits per heavy atom. The molecule has 0 spiro atoms. The number of para-hydroxylation sites is 3. The van der Waals surface area contributed by atoms with Crippen molar-refractivity contribution in [3.8, 4) is 0 Å². The van der Waals surface area contributed by atoms with Gasteiger partial charge >= 0.3 is 5.97 Å². The Labute approximate surface area is 356 Å². The third kappa shape index (κ3) is 13.9. The summed E-state index contributed by atoms with van der Waals surface area (Å²) in [5.74, 6) is -0.0929. The minimum Gasteiger partial charge on any atom is -0.461 e. The van der Waals surface area contributed by atoms with Crippen LogP contribution in [0.3, 0.4) is 0 Å². The van der Waals surface area contributed by atoms with Gasteiger partial charge in [-0.15, -0.1) is 0 Å². The molecule has 0 bridgehead atoms. The lowest BCUT2D eigenvalue weighted by Gasteiger charge is -2.36. The van der Waals surface area contributed by atoms with E-state index < -0.39 is 5.97 Å². The maximum atomic E-state index is 11.4. The van der Waals surface area contributed by atoms with Gasteiger partial charge in [-0.3, -0.25) is 9.59 Å². The van der Waals surface area contributed by atoms with Crippen LogP contribution in [0, 0.1) is 0 Å². The second-order valence-electron chi connectivity index (χ2n) is 14.3. The van der Waals surface area contributed by atoms with Crippen LogP contribution in [0.25, 0.3) is 0 Å². The van der Waals surface area contributed by atoms with Crippen molar-refractivity contribution >= 4 is 56.2 Å². The van der Waals surface area contributed by atoms with E-state index >= 15 is 0 Å². The van der Waals surface area contributed by atoms with Gasteiger partial charge in [0.1, 0.15) is 5.78 Å². The SMILES string of the molecule is C1=C(N2CCOCC2)CCN(c2ccccc2)C1.CC(=O)c1cc2c([nH]1)CCN(c1ccccc1)C2.CCOC(=O)C(CBr)=NO.O=C1CCN(c2ccccc2)CC1. The molecule has 0 radical (unpaired) electrons. The van der Waals surface area contributed by atoms with Gasteiger partial charge in [-0.2, -0.15) is 0 Å². The average Bonchev–Trinajstić information content (AvgIpc) is 3.74. The number of carbonyl (C=O) groups excluding carboxylic acids is 3. The molecule has 1 aromatic heterocycles. The summed E-state index contributed by atoms with van der Waals surface area (Å²) in [5.41, 5.74) is 8.48. The molecule has 5 heterocycles. The molecular formula is C46H57BrN6O6. The normalized spacial score (nSPS) is 16.5. The highest BCUT2D eigenvalue weighted by Gasteiger charge is 2.21. The third-order valence-electron chi connectivity index (χ3n) is 10.4. The lowest BCUT2D eigenvalue weighted by Crippen LogP contribution is -2.39. The van der Waals surface area contributed by atoms with Gasteiger partial charge in [-0.25, -0.2) is 4.79 Å². The van der Waals surface area contributed by atoms with Gasteiger partial charge in [-0.05, 0) is 61.0 Å². The number of ketones is 2. The van der Waals surface area contributed by atoms with Crippen LogP contribution in [0.15, 0.2) is 114 Å². The number of H-pyrrole nitrogens is 1. The molecule has 13 heteroatoms. The van der Waals surface area contributed by atoms with Gasteiger partial charge in [0, 0.05) is 113 Å². The molecule has 0 aliphatic carbocycles. The highest BCUT2D eigenvalue weighted by atomic mass is 79.9. The van der Waals surface area contributed by atoms with E-state index in [1.54, 1.807) is 13.8 Å². The summed E-state index contributed by atoms with van der Waals surface area (Å²) in [6.07, 6.45) is 5.90. The van der Waals surface area contributed by atoms with E-state index in [0.29, 0.717) is 18.6 Å². The Morgan fingerprint density at radius 1 is 0.763 bits per heavy atom. The van der Waals surface area contributed by atoms with Gasteiger partial charge in [0.15, 0.2) is 11.5 Å². The van der Waals surface area contributed by atoms with Gasteiger partial charge < -0.3 is 39.3 Å². The van der Waals surface area contributed by atoms with E-state index in [4.69, 9.17) is 9.94 Å². The zero-order chi connectivity index (χ0) is 41.8. The quantitative estimate of drug-likeness (QED) is 0.0458. The minimum absolute atomic E-state index is 0.0261. The predicted molar refractivity (Wildman–Crippen MR) is 238 cm³/mol. The Bertz CT molecular complexity index is 1960. The number of esters is 1. The second kappa shape index (κ2) is 23.9. The fraction of sp³-hybridized carbons (Fsp3) is 0.391. The van der Waals surface area contributed by atoms with E-state index in [-0.39, 0.29) is 23.4 Å². The van der Waals surface area contributed by atoms with Crippen molar-refractivity contribution < 1.29 is 29.1 Å². The largest absolute Gasteiger partial charge is 0.461 e. The molecule has 0 unspecified atom stereocenters. The zero-order valence-electron chi connectivity index (χ0n) is 34.2. The van der Waals surface area contributed by atoms with Crippen LogP contribution in [-0.2, 0) is 32.0 Å². The Balaban J connectivity index is 0.000000154. The number of aromatic amines is 1. The average molecular weight is 870 g/mol. The summed E-state index contributed by atoms with van der Waals surface area (Å²) in [6, 6.07) is 33.3. The second-order valence-corrected chi connectivity index (χ2v) is 14.9. The van der Waals surface area contributed by atoms with Crippen molar-refractivity contribution in [3.05, 3.63) is 126 Å². The number of hydrogen-bond acceptors (Lipinski definition) is 11. The number of oxime groups is 1. The highest BCUT2D eigenvalue weighted by molar-refractivity contribution is 9.09. The molecule has 0 amide bonds. The fourth-order valence-electron chi connectivity index (χ4n) is 7.14. The van der Waals surface area contributed by atoms with E-state index in [2.05, 4.69) is 123 Å². The molecule has 4 aliphatic heterocycles. The van der Waals surface area contributed by atoms with Gasteiger partial charge in [-0.1, -0.05) is 75.7 Å². The first kappa shape index (κ1) is 44.7. The number of morpholine rings is 1. The van der Waals surface area contributed by atoms with Crippen molar-refractivity contribution in [1.29, 1.82) is 0 Å². The van der Waals surface area contributed by atoms with Crippen molar-refractivity contribution in [2.75, 3.05) is 85.7 Å². The number of Topliss-reactive ketones (excluding diaryl/α,β-unsaturated/α-hetero) is 2. The van der Waals surface area contributed by atoms with Gasteiger partial charge in [0.25, 0.3) is 0 Å². The summed E-state index contributed by atoms with van der Waals surface area (Å²) >= 11 is 2.95. The maximum absolute atomic E-state index is 11.4. The van der Waals surface area contributed by atoms with Crippen LogP contribution >= 0.6 is 15.9 Å². The van der Waals surface area contributed by atoms with Crippen molar-refractivity contribution in [2.24, 2.45) is 5.16 Å². The standard InChI is InChI=1S/C15H16N2O.C15H20N2O.C11H13NO.C5H8BrNO3/c1-11(18)15-9-12-10-17(8-7-14(12)16-15)13-5-3-2-4-6-13;1-2-4-14(5-3-1)16-8-6-15(7-9-16)17-10-12-18-13-11-17;13-11-6-8-12(9-7-11)10-4-2-1-3-5-10;1-2-10-5(8)4(3-6)7-9/h2-6,9,16H,7-8,10H2,1H3;1-6H,7-13H2;1-5H,6-9H2;9H,2-3H2,1H3. The molecule has 12 nitrogen and oxygen atoms in total. The summed E-state index contributed by atoms with van der Waals surface area (Å²) in [5, 5.41) is 11.1. The molecule has 0 atom stereocenters. The summed E-state index contributed by atoms with van der Waals surface area (Å²) in [7, 11) is 0. The molecule has 8 rings (SSSR count). The minimum atomic E-state index is -0.595. The summed E-state index contributed by atoms with van der Waals surface area (Å²) in [6.45, 7) is 13.2. The number of halogens is 1. The number of carbonyl (C=O) groups is 3. The Kier molecular flexibility index (Phi) is 18.1. The first-order valence-electron chi connectivity index (χ1n) is 20.4. The number of piperidine rings is 1. The number of ether oxygens (including phenoxy) is 2. The number of rotatable bonds is 8. The molecule has 4 aromatic rings. The molecule has 59 heavy (non-hydrogen) atoms. The number of hydrogen-bond donors (Lipinski definition) is 2. The molecular weight excluding hydrogens is 812 g/mol. The van der Waals surface area contributed by atoms with Crippen molar-refractivity contribution in [2.45, 2.75) is 46.1 Å². The lowest BCUT2D eigenvalue weighted by molar-refractivity contribution is -0.135. The van der Waals surface area contributed by atoms with Crippen LogP contribution in [-0.4, -0.2) is 109 Å². The third-order valence-corrected chi connectivity index (χ3v) is 10.9. The molecule has 314 valence electrons. The van der Waals surface area contributed by atoms with Crippen LogP contribution in [0.4, 0.5) is 17.1 Å². The van der Waals surface area contributed by atoms with E-state index in [1.165, 1.54) is 34.0 Å². The first-order valence-corrected chi connectivity index (χ1v) is 21.5. The molecule has 3 aromatic carbocycles. The van der Waals surface area contributed by atoms with E-state index in [0.717, 1.165) is 84.1 Å².